The van der Waals surface area contributed by atoms with E-state index in [1.54, 1.807) is 6.07 Å². The molecule has 32 heavy (non-hydrogen) atoms. The fraction of sp³-hybridized carbons (Fsp3) is 0. The molecule has 0 aliphatic heterocycles. The van der Waals surface area contributed by atoms with Crippen molar-refractivity contribution in [1.82, 2.24) is 0 Å². The molecule has 0 heterocycles. The molecule has 4 rings (SSSR count). The Morgan fingerprint density at radius 1 is 0.562 bits per heavy atom. The van der Waals surface area contributed by atoms with Gasteiger partial charge in [0.15, 0.2) is 0 Å². The number of carboxylic acids is 4. The van der Waals surface area contributed by atoms with Crippen molar-refractivity contribution in [2.24, 2.45) is 0 Å². The van der Waals surface area contributed by atoms with E-state index in [0.717, 1.165) is 6.07 Å². The SMILES string of the molecule is O=C(O)c1c(C(=O)O)c2ccc(C(=O)O)c3c(C(=O)O)cc4cccc1c4c23.[H-].[H-].[H-].[H-].[Na+].[Na+].[Na+].[Na+]. The number of rotatable bonds is 4. The molecule has 0 amide bonds. The average molecular weight is 474 g/mol. The van der Waals surface area contributed by atoms with Crippen molar-refractivity contribution >= 4 is 56.2 Å². The molecule has 0 spiro atoms. The van der Waals surface area contributed by atoms with Gasteiger partial charge in [0.1, 0.15) is 0 Å². The monoisotopic (exact) mass is 474 g/mol. The van der Waals surface area contributed by atoms with E-state index in [0.29, 0.717) is 10.8 Å². The second kappa shape index (κ2) is 12.0. The van der Waals surface area contributed by atoms with Gasteiger partial charge in [0, 0.05) is 5.39 Å². The molecule has 0 saturated carbocycles. The minimum absolute atomic E-state index is 0. The minimum atomic E-state index is -1.51. The Morgan fingerprint density at radius 3 is 1.53 bits per heavy atom. The van der Waals surface area contributed by atoms with E-state index in [1.807, 2.05) is 0 Å². The first-order chi connectivity index (χ1) is 13.2. The van der Waals surface area contributed by atoms with E-state index >= 15 is 0 Å². The Labute approximate surface area is 274 Å². The Hall–Kier alpha value is -0.200. The van der Waals surface area contributed by atoms with Gasteiger partial charge in [-0.05, 0) is 39.1 Å². The summed E-state index contributed by atoms with van der Waals surface area (Å²) in [6.07, 6.45) is 0. The summed E-state index contributed by atoms with van der Waals surface area (Å²) in [6.45, 7) is 0. The summed E-state index contributed by atoms with van der Waals surface area (Å²) in [7, 11) is 0. The number of hydrogen-bond donors (Lipinski definition) is 4. The summed E-state index contributed by atoms with van der Waals surface area (Å²) in [5.41, 5.74) is -1.56. The van der Waals surface area contributed by atoms with Gasteiger partial charge in [0.05, 0.1) is 22.3 Å². The van der Waals surface area contributed by atoms with E-state index in [-0.39, 0.29) is 157 Å². The number of carbonyl (C=O) groups is 4. The van der Waals surface area contributed by atoms with Crippen molar-refractivity contribution in [3.63, 3.8) is 0 Å². The maximum Gasteiger partial charge on any atom is 1.00 e. The molecule has 8 nitrogen and oxygen atoms in total. The zero-order chi connectivity index (χ0) is 20.3. The van der Waals surface area contributed by atoms with Crippen LogP contribution >= 0.6 is 0 Å². The quantitative estimate of drug-likeness (QED) is 0.168. The third kappa shape index (κ3) is 4.93. The van der Waals surface area contributed by atoms with Crippen LogP contribution in [0.25, 0.3) is 32.3 Å². The van der Waals surface area contributed by atoms with Gasteiger partial charge in [0.2, 0.25) is 0 Å². The summed E-state index contributed by atoms with van der Waals surface area (Å²) in [6, 6.07) is 8.04. The Kier molecular flexibility index (Phi) is 11.9. The van der Waals surface area contributed by atoms with Crippen LogP contribution in [0.15, 0.2) is 36.4 Å². The normalized spacial score (nSPS) is 9.88. The second-order valence-electron chi connectivity index (χ2n) is 6.21. The summed E-state index contributed by atoms with van der Waals surface area (Å²) < 4.78 is 0. The molecule has 0 aromatic heterocycles. The van der Waals surface area contributed by atoms with E-state index in [4.69, 9.17) is 0 Å². The Balaban J connectivity index is -0.000000400. The van der Waals surface area contributed by atoms with E-state index in [1.165, 1.54) is 24.3 Å². The molecule has 4 aromatic rings. The van der Waals surface area contributed by atoms with Crippen LogP contribution in [0.3, 0.4) is 0 Å². The number of hydrogen-bond acceptors (Lipinski definition) is 4. The van der Waals surface area contributed by atoms with Crippen LogP contribution in [0.4, 0.5) is 0 Å². The van der Waals surface area contributed by atoms with Gasteiger partial charge < -0.3 is 26.1 Å². The third-order valence-electron chi connectivity index (χ3n) is 4.80. The van der Waals surface area contributed by atoms with Crippen molar-refractivity contribution < 1.29 is 164 Å². The van der Waals surface area contributed by atoms with Crippen molar-refractivity contribution in [1.29, 1.82) is 0 Å². The zero-order valence-corrected chi connectivity index (χ0v) is 25.9. The molecule has 0 fully saturated rings. The topological polar surface area (TPSA) is 149 Å². The second-order valence-corrected chi connectivity index (χ2v) is 6.21. The van der Waals surface area contributed by atoms with Crippen LogP contribution in [-0.2, 0) is 0 Å². The number of aromatic carboxylic acids is 4. The van der Waals surface area contributed by atoms with Gasteiger partial charge in [-0.25, -0.2) is 19.2 Å². The molecule has 0 bridgehead atoms. The van der Waals surface area contributed by atoms with E-state index < -0.39 is 35.0 Å². The number of benzene rings is 4. The third-order valence-corrected chi connectivity index (χ3v) is 4.80. The number of carboxylic acid groups (broad SMARTS) is 4. The average Bonchev–Trinajstić information content (AvgIpc) is 2.63. The maximum atomic E-state index is 11.9. The van der Waals surface area contributed by atoms with Gasteiger partial charge >= 0.3 is 142 Å². The predicted octanol–water partition coefficient (Wildman–Crippen LogP) is -8.16. The minimum Gasteiger partial charge on any atom is -1.00 e. The van der Waals surface area contributed by atoms with Gasteiger partial charge in [0.25, 0.3) is 0 Å². The van der Waals surface area contributed by atoms with Crippen molar-refractivity contribution in [2.45, 2.75) is 0 Å². The van der Waals surface area contributed by atoms with Crippen LogP contribution in [0.1, 0.15) is 47.1 Å². The van der Waals surface area contributed by atoms with Crippen molar-refractivity contribution in [3.05, 3.63) is 58.7 Å². The molecule has 4 N–H and O–H groups in total. The van der Waals surface area contributed by atoms with Gasteiger partial charge in [-0.2, -0.15) is 0 Å². The molecule has 0 saturated heterocycles. The molecule has 12 heteroatoms. The first-order valence-corrected chi connectivity index (χ1v) is 7.94. The van der Waals surface area contributed by atoms with Crippen LogP contribution < -0.4 is 118 Å². The largest absolute Gasteiger partial charge is 1.00 e. The summed E-state index contributed by atoms with van der Waals surface area (Å²) in [4.78, 5) is 47.3. The van der Waals surface area contributed by atoms with E-state index in [2.05, 4.69) is 0 Å². The van der Waals surface area contributed by atoms with Gasteiger partial charge in [-0.15, -0.1) is 0 Å². The van der Waals surface area contributed by atoms with Crippen LogP contribution in [0.2, 0.25) is 0 Å². The fourth-order valence-electron chi connectivity index (χ4n) is 3.82. The molecule has 0 atom stereocenters. The fourth-order valence-corrected chi connectivity index (χ4v) is 3.82. The van der Waals surface area contributed by atoms with Gasteiger partial charge in [-0.1, -0.05) is 24.3 Å². The van der Waals surface area contributed by atoms with Gasteiger partial charge in [-0.3, -0.25) is 0 Å². The zero-order valence-electron chi connectivity index (χ0n) is 21.9. The summed E-state index contributed by atoms with van der Waals surface area (Å²) in [5.74, 6) is -5.72. The first-order valence-electron chi connectivity index (χ1n) is 7.94. The molecule has 0 aliphatic rings. The summed E-state index contributed by atoms with van der Waals surface area (Å²) in [5, 5.41) is 39.2. The van der Waals surface area contributed by atoms with E-state index in [9.17, 15) is 39.6 Å². The molecule has 0 unspecified atom stereocenters. The molecular formula is C20H14Na4O8. The Morgan fingerprint density at radius 2 is 1.06 bits per heavy atom. The van der Waals surface area contributed by atoms with Crippen LogP contribution in [0.5, 0.6) is 0 Å². The predicted molar refractivity (Wildman–Crippen MR) is 102 cm³/mol. The molecule has 4 aromatic carbocycles. The summed E-state index contributed by atoms with van der Waals surface area (Å²) >= 11 is 0. The van der Waals surface area contributed by atoms with Crippen molar-refractivity contribution in [2.75, 3.05) is 0 Å². The molecule has 146 valence electrons. The maximum absolute atomic E-state index is 11.9. The standard InChI is InChI=1S/C20H10O8.4Na.4H/c21-17(22)10-5-4-9-14-12-7(6-11(13(10)14)18(23)24)2-1-3-8(12)15(19(25)26)16(9)20(27)28;;;;;;;;/h1-6H,(H,21,22)(H,23,24)(H,25,26)(H,27,28);;;;;;;;/q;4*+1;4*-1. The first kappa shape index (κ1) is 31.8. The Bertz CT molecular complexity index is 1400. The molecular weight excluding hydrogens is 460 g/mol. The van der Waals surface area contributed by atoms with Crippen LogP contribution in [-0.4, -0.2) is 44.3 Å². The van der Waals surface area contributed by atoms with Crippen molar-refractivity contribution in [3.8, 4) is 0 Å². The smallest absolute Gasteiger partial charge is 1.00 e. The molecule has 0 radical (unpaired) electrons. The van der Waals surface area contributed by atoms with Crippen LogP contribution in [0, 0.1) is 0 Å². The molecule has 0 aliphatic carbocycles.